The van der Waals surface area contributed by atoms with E-state index in [9.17, 15) is 9.59 Å². The third-order valence-electron chi connectivity index (χ3n) is 5.14. The third-order valence-corrected chi connectivity index (χ3v) is 5.14. The Morgan fingerprint density at radius 3 is 2.64 bits per heavy atom. The monoisotopic (exact) mass is 381 g/mol. The molecule has 3 rings (SSSR count). The van der Waals surface area contributed by atoms with Crippen LogP contribution in [0.1, 0.15) is 29.7 Å². The minimum Gasteiger partial charge on any atom is -0.477 e. The molecular formula is C22H27N3O3. The zero-order valence-corrected chi connectivity index (χ0v) is 16.8. The molecule has 0 unspecified atom stereocenters. The Morgan fingerprint density at radius 2 is 1.93 bits per heavy atom. The molecule has 0 saturated heterocycles. The summed E-state index contributed by atoms with van der Waals surface area (Å²) in [7, 11) is 1.58. The molecule has 2 aromatic rings. The molecule has 0 radical (unpaired) electrons. The summed E-state index contributed by atoms with van der Waals surface area (Å²) in [5.74, 6) is 0.304. The van der Waals surface area contributed by atoms with Crippen LogP contribution in [0, 0.1) is 13.8 Å². The Bertz CT molecular complexity index is 881. The van der Waals surface area contributed by atoms with Crippen LogP contribution in [0.5, 0.6) is 5.75 Å². The largest absolute Gasteiger partial charge is 0.477 e. The number of fused-ring (bicyclic) bond motifs is 1. The highest BCUT2D eigenvalue weighted by molar-refractivity contribution is 5.86. The van der Waals surface area contributed by atoms with Crippen LogP contribution in [0.25, 0.3) is 0 Å². The van der Waals surface area contributed by atoms with Crippen molar-refractivity contribution in [3.63, 3.8) is 0 Å². The van der Waals surface area contributed by atoms with Gasteiger partial charge in [-0.25, -0.2) is 0 Å². The molecule has 1 aliphatic heterocycles. The minimum atomic E-state index is -0.648. The number of hydrogen-bond acceptors (Lipinski definition) is 4. The maximum Gasteiger partial charge on any atom is 0.262 e. The summed E-state index contributed by atoms with van der Waals surface area (Å²) in [6.45, 7) is 6.59. The second-order valence-electron chi connectivity index (χ2n) is 7.20. The molecule has 1 aliphatic rings. The summed E-state index contributed by atoms with van der Waals surface area (Å²) in [5, 5.41) is 5.67. The minimum absolute atomic E-state index is 0.0990. The van der Waals surface area contributed by atoms with Crippen molar-refractivity contribution in [3.05, 3.63) is 59.2 Å². The maximum atomic E-state index is 12.7. The molecule has 0 spiro atoms. The molecule has 0 saturated carbocycles. The average Bonchev–Trinajstić information content (AvgIpc) is 2.69. The van der Waals surface area contributed by atoms with Gasteiger partial charge in [0.15, 0.2) is 6.10 Å². The van der Waals surface area contributed by atoms with Gasteiger partial charge in [-0.1, -0.05) is 30.3 Å². The number of nitrogens with one attached hydrogen (secondary N) is 2. The van der Waals surface area contributed by atoms with E-state index in [0.717, 1.165) is 11.3 Å². The fourth-order valence-electron chi connectivity index (χ4n) is 3.33. The SMILES string of the molecule is CNC(=O)[C@H]1CN(CC(=O)N[C@@H](C)c2ccc(C)c(C)c2)c2ccccc2O1. The molecule has 0 bridgehead atoms. The molecule has 1 heterocycles. The lowest BCUT2D eigenvalue weighted by molar-refractivity contribution is -0.127. The number of likely N-dealkylation sites (N-methyl/N-ethyl adjacent to an activating group) is 1. The van der Waals surface area contributed by atoms with Crippen LogP contribution in [0.15, 0.2) is 42.5 Å². The Morgan fingerprint density at radius 1 is 1.18 bits per heavy atom. The summed E-state index contributed by atoms with van der Waals surface area (Å²) in [6.07, 6.45) is -0.648. The first-order chi connectivity index (χ1) is 13.4. The van der Waals surface area contributed by atoms with E-state index < -0.39 is 6.10 Å². The van der Waals surface area contributed by atoms with Crippen LogP contribution < -0.4 is 20.3 Å². The van der Waals surface area contributed by atoms with Crippen LogP contribution in [0.4, 0.5) is 5.69 Å². The summed E-state index contributed by atoms with van der Waals surface area (Å²) >= 11 is 0. The second kappa shape index (κ2) is 8.33. The summed E-state index contributed by atoms with van der Waals surface area (Å²) < 4.78 is 5.79. The number of amides is 2. The topological polar surface area (TPSA) is 70.7 Å². The van der Waals surface area contributed by atoms with E-state index in [2.05, 4.69) is 36.6 Å². The van der Waals surface area contributed by atoms with E-state index in [1.54, 1.807) is 7.05 Å². The maximum absolute atomic E-state index is 12.7. The molecule has 2 atom stereocenters. The first kappa shape index (κ1) is 19.7. The molecule has 148 valence electrons. The molecule has 0 aromatic heterocycles. The lowest BCUT2D eigenvalue weighted by Crippen LogP contribution is -2.50. The van der Waals surface area contributed by atoms with Crippen LogP contribution in [0.3, 0.4) is 0 Å². The van der Waals surface area contributed by atoms with Gasteiger partial charge in [0.25, 0.3) is 5.91 Å². The van der Waals surface area contributed by atoms with Gasteiger partial charge >= 0.3 is 0 Å². The molecule has 28 heavy (non-hydrogen) atoms. The first-order valence-electron chi connectivity index (χ1n) is 9.47. The number of nitrogens with zero attached hydrogens (tertiary/aromatic N) is 1. The van der Waals surface area contributed by atoms with Crippen molar-refractivity contribution in [1.82, 2.24) is 10.6 Å². The highest BCUT2D eigenvalue weighted by Gasteiger charge is 2.31. The number of benzene rings is 2. The number of ether oxygens (including phenoxy) is 1. The zero-order valence-electron chi connectivity index (χ0n) is 16.8. The normalized spacial score (nSPS) is 16.6. The average molecular weight is 381 g/mol. The van der Waals surface area contributed by atoms with Crippen LogP contribution >= 0.6 is 0 Å². The van der Waals surface area contributed by atoms with Gasteiger partial charge < -0.3 is 20.3 Å². The van der Waals surface area contributed by atoms with Crippen molar-refractivity contribution in [2.24, 2.45) is 0 Å². The molecule has 2 aromatic carbocycles. The molecule has 2 N–H and O–H groups in total. The second-order valence-corrected chi connectivity index (χ2v) is 7.20. The van der Waals surface area contributed by atoms with E-state index >= 15 is 0 Å². The zero-order chi connectivity index (χ0) is 20.3. The fraction of sp³-hybridized carbons (Fsp3) is 0.364. The van der Waals surface area contributed by atoms with E-state index in [-0.39, 0.29) is 24.4 Å². The van der Waals surface area contributed by atoms with Gasteiger partial charge in [0.2, 0.25) is 5.91 Å². The number of aryl methyl sites for hydroxylation is 2. The number of hydrogen-bond donors (Lipinski definition) is 2. The number of carbonyl (C=O) groups is 2. The van der Waals surface area contributed by atoms with Gasteiger partial charge in [-0.05, 0) is 49.6 Å². The number of para-hydroxylation sites is 2. The van der Waals surface area contributed by atoms with Crippen molar-refractivity contribution in [2.45, 2.75) is 32.9 Å². The lowest BCUT2D eigenvalue weighted by atomic mass is 10.0. The van der Waals surface area contributed by atoms with E-state index in [0.29, 0.717) is 12.3 Å². The Balaban J connectivity index is 1.71. The third kappa shape index (κ3) is 4.27. The highest BCUT2D eigenvalue weighted by Crippen LogP contribution is 2.33. The predicted molar refractivity (Wildman–Crippen MR) is 110 cm³/mol. The van der Waals surface area contributed by atoms with E-state index in [1.807, 2.05) is 42.2 Å². The first-order valence-corrected chi connectivity index (χ1v) is 9.47. The Hall–Kier alpha value is -3.02. The smallest absolute Gasteiger partial charge is 0.262 e. The van der Waals surface area contributed by atoms with Gasteiger partial charge in [0, 0.05) is 7.05 Å². The van der Waals surface area contributed by atoms with Crippen LogP contribution in [-0.4, -0.2) is 38.1 Å². The quantitative estimate of drug-likeness (QED) is 0.835. The molecule has 2 amide bonds. The van der Waals surface area contributed by atoms with E-state index in [1.165, 1.54) is 11.1 Å². The van der Waals surface area contributed by atoms with Gasteiger partial charge in [-0.15, -0.1) is 0 Å². The summed E-state index contributed by atoms with van der Waals surface area (Å²) in [4.78, 5) is 26.7. The molecule has 6 heteroatoms. The number of anilines is 1. The van der Waals surface area contributed by atoms with Crippen molar-refractivity contribution < 1.29 is 14.3 Å². The molecular weight excluding hydrogens is 354 g/mol. The van der Waals surface area contributed by atoms with Crippen molar-refractivity contribution >= 4 is 17.5 Å². The van der Waals surface area contributed by atoms with Crippen LogP contribution in [0.2, 0.25) is 0 Å². The highest BCUT2D eigenvalue weighted by atomic mass is 16.5. The standard InChI is InChI=1S/C22H27N3O3/c1-14-9-10-17(11-15(14)2)16(3)24-21(26)13-25-12-20(22(27)23-4)28-19-8-6-5-7-18(19)25/h5-11,16,20H,12-13H2,1-4H3,(H,23,27)(H,24,26)/t16-,20+/m0/s1. The van der Waals surface area contributed by atoms with Gasteiger partial charge in [-0.2, -0.15) is 0 Å². The summed E-state index contributed by atoms with van der Waals surface area (Å²) in [5.41, 5.74) is 4.32. The fourth-order valence-corrected chi connectivity index (χ4v) is 3.33. The van der Waals surface area contributed by atoms with Crippen molar-refractivity contribution in [1.29, 1.82) is 0 Å². The molecule has 6 nitrogen and oxygen atoms in total. The Labute approximate surface area is 165 Å². The van der Waals surface area contributed by atoms with Gasteiger partial charge in [-0.3, -0.25) is 9.59 Å². The van der Waals surface area contributed by atoms with Gasteiger partial charge in [0.05, 0.1) is 24.8 Å². The number of rotatable bonds is 5. The predicted octanol–water partition coefficient (Wildman–Crippen LogP) is 2.49. The van der Waals surface area contributed by atoms with Gasteiger partial charge in [0.1, 0.15) is 5.75 Å². The number of carbonyl (C=O) groups excluding carboxylic acids is 2. The van der Waals surface area contributed by atoms with Crippen molar-refractivity contribution in [2.75, 3.05) is 25.0 Å². The van der Waals surface area contributed by atoms with E-state index in [4.69, 9.17) is 4.74 Å². The molecule has 0 fully saturated rings. The van der Waals surface area contributed by atoms with Crippen LogP contribution in [-0.2, 0) is 9.59 Å². The lowest BCUT2D eigenvalue weighted by Gasteiger charge is -2.35. The Kier molecular flexibility index (Phi) is 5.87. The molecule has 0 aliphatic carbocycles. The summed E-state index contributed by atoms with van der Waals surface area (Å²) in [6, 6.07) is 13.6. The van der Waals surface area contributed by atoms with Crippen molar-refractivity contribution in [3.8, 4) is 5.75 Å².